The highest BCUT2D eigenvalue weighted by Gasteiger charge is 2.00. The number of rotatable bonds is 8. The Balaban J connectivity index is 3.02. The molecule has 0 aliphatic heterocycles. The summed E-state index contributed by atoms with van der Waals surface area (Å²) >= 11 is 1.10. The standard InChI is InChI=1S/C7H14O5S/c1-3-10-7(8)6-9-4-5-11-12-13-2/h3-6H2,1-2H3. The largest absolute Gasteiger partial charge is 0.464 e. The molecule has 0 bridgehead atoms. The van der Waals surface area contributed by atoms with E-state index in [0.717, 1.165) is 12.0 Å². The molecule has 0 heterocycles. The molecule has 0 aromatic rings. The topological polar surface area (TPSA) is 54.0 Å². The van der Waals surface area contributed by atoms with Gasteiger partial charge in [-0.25, -0.2) is 9.68 Å². The Labute approximate surface area is 81.8 Å². The summed E-state index contributed by atoms with van der Waals surface area (Å²) in [6.45, 7) is 2.66. The summed E-state index contributed by atoms with van der Waals surface area (Å²) in [7, 11) is 0. The molecule has 0 aliphatic rings. The number of hydrogen-bond acceptors (Lipinski definition) is 6. The molecule has 6 heteroatoms. The van der Waals surface area contributed by atoms with Crippen LogP contribution in [0.5, 0.6) is 0 Å². The molecule has 0 aliphatic carbocycles. The SMILES string of the molecule is CCOC(=O)COCCOOSC. The smallest absolute Gasteiger partial charge is 0.332 e. The fourth-order valence-corrected chi connectivity index (χ4v) is 0.698. The second-order valence-corrected chi connectivity index (χ2v) is 2.38. The Morgan fingerprint density at radius 1 is 1.38 bits per heavy atom. The number of carbonyl (C=O) groups is 1. The van der Waals surface area contributed by atoms with Crippen molar-refractivity contribution < 1.29 is 23.5 Å². The summed E-state index contributed by atoms with van der Waals surface area (Å²) in [6, 6.07) is 0. The second kappa shape index (κ2) is 9.79. The predicted octanol–water partition coefficient (Wildman–Crippen LogP) is 0.792. The van der Waals surface area contributed by atoms with E-state index >= 15 is 0 Å². The van der Waals surface area contributed by atoms with Gasteiger partial charge in [0.2, 0.25) is 0 Å². The van der Waals surface area contributed by atoms with Gasteiger partial charge in [0.1, 0.15) is 13.2 Å². The minimum Gasteiger partial charge on any atom is -0.464 e. The molecule has 0 saturated carbocycles. The van der Waals surface area contributed by atoms with Crippen molar-refractivity contribution in [2.24, 2.45) is 0 Å². The van der Waals surface area contributed by atoms with Crippen LogP contribution in [0, 0.1) is 0 Å². The lowest BCUT2D eigenvalue weighted by Crippen LogP contribution is -2.14. The van der Waals surface area contributed by atoms with Crippen molar-refractivity contribution in [3.05, 3.63) is 0 Å². The van der Waals surface area contributed by atoms with Crippen LogP contribution in [0.3, 0.4) is 0 Å². The van der Waals surface area contributed by atoms with E-state index in [-0.39, 0.29) is 12.6 Å². The van der Waals surface area contributed by atoms with Gasteiger partial charge in [-0.05, 0) is 6.92 Å². The van der Waals surface area contributed by atoms with Crippen LogP contribution in [0.2, 0.25) is 0 Å². The summed E-state index contributed by atoms with van der Waals surface area (Å²) in [5.41, 5.74) is 0. The highest BCUT2D eigenvalue weighted by molar-refractivity contribution is 7.93. The molecule has 0 fully saturated rings. The van der Waals surface area contributed by atoms with Crippen LogP contribution in [0.1, 0.15) is 6.92 Å². The maximum atomic E-state index is 10.7. The quantitative estimate of drug-likeness (QED) is 0.194. The van der Waals surface area contributed by atoms with Crippen molar-refractivity contribution in [2.45, 2.75) is 6.92 Å². The van der Waals surface area contributed by atoms with Gasteiger partial charge in [-0.15, -0.1) is 0 Å². The first-order chi connectivity index (χ1) is 6.31. The van der Waals surface area contributed by atoms with Crippen molar-refractivity contribution in [3.8, 4) is 0 Å². The van der Waals surface area contributed by atoms with Crippen LogP contribution in [-0.2, 0) is 23.5 Å². The van der Waals surface area contributed by atoms with Gasteiger partial charge in [0.25, 0.3) is 0 Å². The summed E-state index contributed by atoms with van der Waals surface area (Å²) < 4.78 is 14.0. The molecule has 0 atom stereocenters. The molecule has 0 N–H and O–H groups in total. The molecule has 0 aromatic carbocycles. The Hall–Kier alpha value is -0.300. The van der Waals surface area contributed by atoms with Gasteiger partial charge in [-0.3, -0.25) is 0 Å². The van der Waals surface area contributed by atoms with E-state index in [9.17, 15) is 4.79 Å². The highest BCUT2D eigenvalue weighted by Crippen LogP contribution is 1.94. The van der Waals surface area contributed by atoms with Gasteiger partial charge >= 0.3 is 5.97 Å². The second-order valence-electron chi connectivity index (χ2n) is 1.91. The number of esters is 1. The van der Waals surface area contributed by atoms with Crippen LogP contribution in [0.25, 0.3) is 0 Å². The Morgan fingerprint density at radius 2 is 2.15 bits per heavy atom. The molecule has 13 heavy (non-hydrogen) atoms. The third kappa shape index (κ3) is 9.62. The number of ether oxygens (including phenoxy) is 2. The summed E-state index contributed by atoms with van der Waals surface area (Å²) in [4.78, 5) is 15.3. The number of hydrogen-bond donors (Lipinski definition) is 0. The van der Waals surface area contributed by atoms with E-state index in [0.29, 0.717) is 19.8 Å². The molecular weight excluding hydrogens is 196 g/mol. The number of carbonyl (C=O) groups excluding carboxylic acids is 1. The zero-order chi connectivity index (χ0) is 9.94. The average molecular weight is 210 g/mol. The summed E-state index contributed by atoms with van der Waals surface area (Å²) in [5.74, 6) is -0.367. The van der Waals surface area contributed by atoms with Crippen LogP contribution >= 0.6 is 12.0 Å². The zero-order valence-corrected chi connectivity index (χ0v) is 8.59. The molecular formula is C7H14O5S. The van der Waals surface area contributed by atoms with E-state index in [4.69, 9.17) is 4.74 Å². The van der Waals surface area contributed by atoms with Gasteiger partial charge < -0.3 is 9.47 Å². The van der Waals surface area contributed by atoms with Crippen molar-refractivity contribution in [2.75, 3.05) is 32.7 Å². The van der Waals surface area contributed by atoms with Gasteiger partial charge in [0.05, 0.1) is 13.2 Å². The first kappa shape index (κ1) is 12.7. The molecule has 0 amide bonds. The van der Waals surface area contributed by atoms with Crippen LogP contribution < -0.4 is 0 Å². The van der Waals surface area contributed by atoms with Crippen molar-refractivity contribution in [1.29, 1.82) is 0 Å². The maximum absolute atomic E-state index is 10.7. The van der Waals surface area contributed by atoms with E-state index in [1.165, 1.54) is 0 Å². The molecule has 0 radical (unpaired) electrons. The zero-order valence-electron chi connectivity index (χ0n) is 7.78. The van der Waals surface area contributed by atoms with Gasteiger partial charge in [0.15, 0.2) is 0 Å². The van der Waals surface area contributed by atoms with Crippen LogP contribution in [-0.4, -0.2) is 38.7 Å². The normalized spacial score (nSPS) is 10.0. The summed E-state index contributed by atoms with van der Waals surface area (Å²) in [5, 5.41) is 0. The van der Waals surface area contributed by atoms with Crippen molar-refractivity contribution in [3.63, 3.8) is 0 Å². The van der Waals surface area contributed by atoms with Gasteiger partial charge in [-0.2, -0.15) is 4.33 Å². The Kier molecular flexibility index (Phi) is 9.56. The minimum atomic E-state index is -0.367. The highest BCUT2D eigenvalue weighted by atomic mass is 32.2. The Bertz CT molecular complexity index is 130. The molecule has 0 aromatic heterocycles. The first-order valence-corrected chi connectivity index (χ1v) is 5.02. The minimum absolute atomic E-state index is 0.0452. The van der Waals surface area contributed by atoms with Crippen molar-refractivity contribution >= 4 is 18.0 Å². The molecule has 0 spiro atoms. The van der Waals surface area contributed by atoms with Gasteiger partial charge in [-0.1, -0.05) is 0 Å². The lowest BCUT2D eigenvalue weighted by Gasteiger charge is -2.03. The fourth-order valence-electron chi connectivity index (χ4n) is 0.533. The molecule has 0 saturated heterocycles. The third-order valence-electron chi connectivity index (χ3n) is 0.952. The molecule has 78 valence electrons. The van der Waals surface area contributed by atoms with Gasteiger partial charge in [0, 0.05) is 18.3 Å². The lowest BCUT2D eigenvalue weighted by molar-refractivity contribution is -0.200. The molecule has 0 unspecified atom stereocenters. The lowest BCUT2D eigenvalue weighted by atomic mass is 10.7. The van der Waals surface area contributed by atoms with E-state index in [1.807, 2.05) is 0 Å². The molecule has 0 rings (SSSR count). The van der Waals surface area contributed by atoms with Crippen molar-refractivity contribution in [1.82, 2.24) is 0 Å². The predicted molar refractivity (Wildman–Crippen MR) is 48.0 cm³/mol. The van der Waals surface area contributed by atoms with E-state index < -0.39 is 0 Å². The maximum Gasteiger partial charge on any atom is 0.332 e. The Morgan fingerprint density at radius 3 is 2.77 bits per heavy atom. The average Bonchev–Trinajstić information content (AvgIpc) is 2.11. The summed E-state index contributed by atoms with van der Waals surface area (Å²) in [6.07, 6.45) is 1.74. The van der Waals surface area contributed by atoms with E-state index in [1.54, 1.807) is 13.2 Å². The van der Waals surface area contributed by atoms with Crippen LogP contribution in [0.4, 0.5) is 0 Å². The van der Waals surface area contributed by atoms with E-state index in [2.05, 4.69) is 14.0 Å². The first-order valence-electron chi connectivity index (χ1n) is 3.87. The monoisotopic (exact) mass is 210 g/mol. The molecule has 5 nitrogen and oxygen atoms in total. The van der Waals surface area contributed by atoms with Crippen LogP contribution in [0.15, 0.2) is 0 Å². The third-order valence-corrected chi connectivity index (χ3v) is 1.18. The fraction of sp³-hybridized carbons (Fsp3) is 0.857.